The molecule has 7 heteroatoms. The van der Waals surface area contributed by atoms with Crippen molar-refractivity contribution >= 4 is 24.6 Å². The van der Waals surface area contributed by atoms with Crippen LogP contribution in [0, 0.1) is 0 Å². The molecule has 1 aliphatic heterocycles. The van der Waals surface area contributed by atoms with Gasteiger partial charge in [0.15, 0.2) is 5.82 Å². The van der Waals surface area contributed by atoms with Gasteiger partial charge in [-0.2, -0.15) is 4.98 Å². The molecule has 1 aliphatic rings. The normalized spacial score (nSPS) is 18.8. The summed E-state index contributed by atoms with van der Waals surface area (Å²) in [6, 6.07) is 7.95. The molecule has 0 amide bonds. The summed E-state index contributed by atoms with van der Waals surface area (Å²) in [5, 5.41) is 7.44. The number of nitrogens with zero attached hydrogens (tertiary/aromatic N) is 3. The van der Waals surface area contributed by atoms with Crippen molar-refractivity contribution in [1.29, 1.82) is 0 Å². The van der Waals surface area contributed by atoms with E-state index in [2.05, 4.69) is 27.4 Å². The number of nitrogens with one attached hydrogen (secondary N) is 1. The quantitative estimate of drug-likeness (QED) is 0.924. The Kier molecular flexibility index (Phi) is 6.15. The molecular weight excluding hydrogens is 316 g/mol. The number of methoxy groups -OCH3 is 1. The van der Waals surface area contributed by atoms with Gasteiger partial charge in [0.1, 0.15) is 5.75 Å². The molecule has 0 spiro atoms. The summed E-state index contributed by atoms with van der Waals surface area (Å²) in [6.45, 7) is 2.81. The van der Waals surface area contributed by atoms with Gasteiger partial charge < -0.3 is 14.6 Å². The smallest absolute Gasteiger partial charge is 0.250 e. The topological polar surface area (TPSA) is 63.4 Å². The number of para-hydroxylation sites is 1. The van der Waals surface area contributed by atoms with Gasteiger partial charge in [0.25, 0.3) is 5.89 Å². The molecule has 0 saturated carbocycles. The van der Waals surface area contributed by atoms with Crippen molar-refractivity contribution in [2.45, 2.75) is 6.04 Å². The van der Waals surface area contributed by atoms with Gasteiger partial charge in [0.2, 0.25) is 0 Å². The number of aromatic nitrogens is 2. The van der Waals surface area contributed by atoms with Crippen LogP contribution in [0.25, 0.3) is 12.2 Å². The molecule has 1 saturated heterocycles. The molecule has 1 aromatic heterocycles. The van der Waals surface area contributed by atoms with E-state index >= 15 is 0 Å². The van der Waals surface area contributed by atoms with E-state index in [4.69, 9.17) is 9.26 Å². The van der Waals surface area contributed by atoms with Crippen LogP contribution in [0.1, 0.15) is 23.3 Å². The summed E-state index contributed by atoms with van der Waals surface area (Å²) in [5.41, 5.74) is 0.973. The number of rotatable bonds is 4. The zero-order chi connectivity index (χ0) is 15.4. The van der Waals surface area contributed by atoms with E-state index in [0.717, 1.165) is 36.8 Å². The van der Waals surface area contributed by atoms with Crippen LogP contribution in [-0.4, -0.2) is 48.8 Å². The Hall–Kier alpha value is -1.89. The number of hydrogen-bond acceptors (Lipinski definition) is 6. The summed E-state index contributed by atoms with van der Waals surface area (Å²) < 4.78 is 10.6. The van der Waals surface area contributed by atoms with Crippen LogP contribution in [0.3, 0.4) is 0 Å². The highest BCUT2D eigenvalue weighted by Gasteiger charge is 2.24. The zero-order valence-electron chi connectivity index (χ0n) is 13.2. The maximum atomic E-state index is 5.32. The second kappa shape index (κ2) is 8.10. The number of piperazine rings is 1. The molecule has 2 heterocycles. The fraction of sp³-hybridized carbons (Fsp3) is 0.375. The number of ether oxygens (including phenoxy) is 1. The predicted molar refractivity (Wildman–Crippen MR) is 91.7 cm³/mol. The molecule has 1 atom stereocenters. The van der Waals surface area contributed by atoms with Crippen molar-refractivity contribution in [2.75, 3.05) is 33.8 Å². The molecule has 2 aromatic rings. The first-order valence-electron chi connectivity index (χ1n) is 7.33. The Balaban J connectivity index is 0.00000192. The molecule has 1 fully saturated rings. The van der Waals surface area contributed by atoms with Crippen LogP contribution < -0.4 is 10.1 Å². The first-order chi connectivity index (χ1) is 10.8. The highest BCUT2D eigenvalue weighted by molar-refractivity contribution is 5.85. The second-order valence-electron chi connectivity index (χ2n) is 5.27. The SMILES string of the molecule is COc1ccccc1/C=C/c1nc(C2CNCCN2C)no1.Cl. The van der Waals surface area contributed by atoms with Crippen molar-refractivity contribution in [3.63, 3.8) is 0 Å². The number of likely N-dealkylation sites (N-methyl/N-ethyl adjacent to an activating group) is 1. The molecule has 1 aromatic carbocycles. The number of halogens is 1. The average molecular weight is 337 g/mol. The lowest BCUT2D eigenvalue weighted by Gasteiger charge is -2.30. The van der Waals surface area contributed by atoms with Gasteiger partial charge in [-0.05, 0) is 19.2 Å². The van der Waals surface area contributed by atoms with E-state index in [1.54, 1.807) is 7.11 Å². The largest absolute Gasteiger partial charge is 0.496 e. The molecule has 124 valence electrons. The highest BCUT2D eigenvalue weighted by Crippen LogP contribution is 2.21. The average Bonchev–Trinajstić information content (AvgIpc) is 3.02. The van der Waals surface area contributed by atoms with E-state index in [-0.39, 0.29) is 18.4 Å². The van der Waals surface area contributed by atoms with Crippen molar-refractivity contribution in [1.82, 2.24) is 20.4 Å². The second-order valence-corrected chi connectivity index (χ2v) is 5.27. The van der Waals surface area contributed by atoms with E-state index in [9.17, 15) is 0 Å². The van der Waals surface area contributed by atoms with Crippen molar-refractivity contribution in [3.05, 3.63) is 41.5 Å². The zero-order valence-corrected chi connectivity index (χ0v) is 14.0. The van der Waals surface area contributed by atoms with Crippen LogP contribution in [0.4, 0.5) is 0 Å². The van der Waals surface area contributed by atoms with Crippen molar-refractivity contribution in [3.8, 4) is 5.75 Å². The summed E-state index contributed by atoms with van der Waals surface area (Å²) in [7, 11) is 3.73. The predicted octanol–water partition coefficient (Wildman–Crippen LogP) is 2.25. The van der Waals surface area contributed by atoms with Gasteiger partial charge in [-0.15, -0.1) is 12.4 Å². The summed E-state index contributed by atoms with van der Waals surface area (Å²) in [5.74, 6) is 2.03. The number of benzene rings is 1. The molecule has 1 N–H and O–H groups in total. The molecular formula is C16H21ClN4O2. The molecule has 1 unspecified atom stereocenters. The van der Waals surface area contributed by atoms with Gasteiger partial charge in [-0.3, -0.25) is 4.90 Å². The summed E-state index contributed by atoms with van der Waals surface area (Å²) >= 11 is 0. The molecule has 0 radical (unpaired) electrons. The maximum absolute atomic E-state index is 5.32. The lowest BCUT2D eigenvalue weighted by molar-refractivity contribution is 0.190. The Morgan fingerprint density at radius 1 is 1.35 bits per heavy atom. The Labute approximate surface area is 141 Å². The minimum atomic E-state index is 0. The number of hydrogen-bond donors (Lipinski definition) is 1. The standard InChI is InChI=1S/C16H20N4O2.ClH/c1-20-10-9-17-11-13(20)16-18-15(22-19-16)8-7-12-5-3-4-6-14(12)21-2;/h3-8,13,17H,9-11H2,1-2H3;1H/b8-7+;. The molecule has 0 aliphatic carbocycles. The van der Waals surface area contributed by atoms with E-state index in [1.165, 1.54) is 0 Å². The van der Waals surface area contributed by atoms with Gasteiger partial charge in [-0.25, -0.2) is 0 Å². The summed E-state index contributed by atoms with van der Waals surface area (Å²) in [6.07, 6.45) is 3.73. The lowest BCUT2D eigenvalue weighted by atomic mass is 10.2. The Bertz CT molecular complexity index is 659. The third-order valence-corrected chi connectivity index (χ3v) is 3.81. The van der Waals surface area contributed by atoms with E-state index in [0.29, 0.717) is 5.89 Å². The van der Waals surface area contributed by atoms with Gasteiger partial charge in [0.05, 0.1) is 13.2 Å². The fourth-order valence-corrected chi connectivity index (χ4v) is 2.51. The Morgan fingerprint density at radius 2 is 2.17 bits per heavy atom. The van der Waals surface area contributed by atoms with Crippen LogP contribution in [0.2, 0.25) is 0 Å². The van der Waals surface area contributed by atoms with Crippen LogP contribution in [0.15, 0.2) is 28.8 Å². The minimum absolute atomic E-state index is 0. The van der Waals surface area contributed by atoms with Gasteiger partial charge in [-0.1, -0.05) is 23.4 Å². The van der Waals surface area contributed by atoms with E-state index in [1.807, 2.05) is 36.4 Å². The molecule has 23 heavy (non-hydrogen) atoms. The Morgan fingerprint density at radius 3 is 2.96 bits per heavy atom. The minimum Gasteiger partial charge on any atom is -0.496 e. The first-order valence-corrected chi connectivity index (χ1v) is 7.33. The molecule has 3 rings (SSSR count). The first kappa shape index (κ1) is 17.5. The molecule has 6 nitrogen and oxygen atoms in total. The van der Waals surface area contributed by atoms with Crippen LogP contribution >= 0.6 is 12.4 Å². The maximum Gasteiger partial charge on any atom is 0.250 e. The third-order valence-electron chi connectivity index (χ3n) is 3.81. The fourth-order valence-electron chi connectivity index (χ4n) is 2.51. The van der Waals surface area contributed by atoms with Crippen molar-refractivity contribution < 1.29 is 9.26 Å². The van der Waals surface area contributed by atoms with Gasteiger partial charge >= 0.3 is 0 Å². The van der Waals surface area contributed by atoms with E-state index < -0.39 is 0 Å². The van der Waals surface area contributed by atoms with Crippen LogP contribution in [-0.2, 0) is 0 Å². The van der Waals surface area contributed by atoms with Crippen LogP contribution in [0.5, 0.6) is 5.75 Å². The highest BCUT2D eigenvalue weighted by atomic mass is 35.5. The summed E-state index contributed by atoms with van der Waals surface area (Å²) in [4.78, 5) is 6.70. The lowest BCUT2D eigenvalue weighted by Crippen LogP contribution is -2.44. The van der Waals surface area contributed by atoms with Gasteiger partial charge in [0, 0.05) is 31.3 Å². The van der Waals surface area contributed by atoms with Crippen molar-refractivity contribution in [2.24, 2.45) is 0 Å². The monoisotopic (exact) mass is 336 g/mol. The third kappa shape index (κ3) is 4.10. The molecule has 0 bridgehead atoms.